The number of fused-ring (bicyclic) bond motifs is 2. The van der Waals surface area contributed by atoms with Gasteiger partial charge < -0.3 is 52.7 Å². The molecule has 0 saturated heterocycles. The lowest BCUT2D eigenvalue weighted by atomic mass is 10.0. The summed E-state index contributed by atoms with van der Waals surface area (Å²) in [7, 11) is 0. The number of primary amides is 1. The van der Waals surface area contributed by atoms with Gasteiger partial charge in [-0.25, -0.2) is 15.0 Å². The number of hydrogen-bond donors (Lipinski definition) is 9. The Morgan fingerprint density at radius 3 is 2.28 bits per heavy atom. The Balaban J connectivity index is 1.12. The molecule has 18 nitrogen and oxygen atoms in total. The van der Waals surface area contributed by atoms with E-state index in [2.05, 4.69) is 56.5 Å². The zero-order valence-electron chi connectivity index (χ0n) is 32.6. The van der Waals surface area contributed by atoms with Gasteiger partial charge in [0.25, 0.3) is 5.91 Å². The highest BCUT2D eigenvalue weighted by Crippen LogP contribution is 2.26. The van der Waals surface area contributed by atoms with Crippen LogP contribution < -0.4 is 33.2 Å². The summed E-state index contributed by atoms with van der Waals surface area (Å²) in [5.41, 5.74) is 22.6. The van der Waals surface area contributed by atoms with Gasteiger partial charge in [-0.15, -0.1) is 0 Å². The number of H-pyrrole nitrogens is 3. The van der Waals surface area contributed by atoms with Crippen molar-refractivity contribution in [1.82, 2.24) is 50.4 Å². The van der Waals surface area contributed by atoms with E-state index in [0.29, 0.717) is 42.1 Å². The number of aromatic nitrogens is 7. The van der Waals surface area contributed by atoms with Crippen molar-refractivity contribution in [3.05, 3.63) is 126 Å². The summed E-state index contributed by atoms with van der Waals surface area (Å²) in [5.74, 6) is -2.02. The number of aliphatic imine (C=N–C) groups is 1. The molecule has 7 rings (SSSR count). The highest BCUT2D eigenvalue weighted by atomic mass is 16.2. The molecule has 4 aromatic heterocycles. The largest absolute Gasteiger partial charge is 0.370 e. The summed E-state index contributed by atoms with van der Waals surface area (Å²) in [6.07, 6.45) is 9.59. The van der Waals surface area contributed by atoms with Crippen molar-refractivity contribution >= 4 is 51.5 Å². The molecule has 0 bridgehead atoms. The van der Waals surface area contributed by atoms with Crippen LogP contribution in [0.5, 0.6) is 0 Å². The third-order valence-corrected chi connectivity index (χ3v) is 10.2. The van der Waals surface area contributed by atoms with Gasteiger partial charge in [0.05, 0.1) is 29.9 Å². The number of carbonyl (C=O) groups excluding carboxylic acids is 4. The molecular formula is C42H46N14O4. The van der Waals surface area contributed by atoms with E-state index in [9.17, 15) is 19.2 Å². The highest BCUT2D eigenvalue weighted by Gasteiger charge is 2.30. The lowest BCUT2D eigenvalue weighted by Crippen LogP contribution is -2.57. The Kier molecular flexibility index (Phi) is 12.6. The number of nitrogens with one attached hydrogen (secondary N) is 6. The van der Waals surface area contributed by atoms with E-state index < -0.39 is 41.8 Å². The third-order valence-electron chi connectivity index (χ3n) is 10.2. The minimum absolute atomic E-state index is 0.0621. The molecule has 0 spiro atoms. The van der Waals surface area contributed by atoms with Crippen LogP contribution in [0, 0.1) is 0 Å². The van der Waals surface area contributed by atoms with E-state index in [-0.39, 0.29) is 37.3 Å². The number of benzene rings is 3. The van der Waals surface area contributed by atoms with E-state index in [1.165, 1.54) is 12.5 Å². The second-order valence-electron chi connectivity index (χ2n) is 14.3. The van der Waals surface area contributed by atoms with Gasteiger partial charge in [0.1, 0.15) is 23.8 Å². The number of guanidine groups is 1. The standard InChI is InChI=1S/C42H46N14O4/c43-37(57)33(19-28-21-46-23-50-28)54-41(60)34(17-25-7-2-1-3-8-25)55-40(59)31(11-6-15-48-42(44)45)53-39(58)26-12-13-36-32(18-26)52-38(35-22-47-24-51-35)56(36)16-14-27-20-49-30-10-5-4-9-29(27)30/h1-5,7-10,12-13,18,20-24,31,33-34,49H,6,11,14-17,19H2,(H2,43,57)(H,46,50)(H,47,51)(H,53,58)(H,54,60)(H,55,59)(H4,44,45,48)/t31-,33-,34+/m0/s1. The molecule has 3 aromatic carbocycles. The molecule has 60 heavy (non-hydrogen) atoms. The Bertz CT molecular complexity index is 2590. The van der Waals surface area contributed by atoms with Crippen LogP contribution in [0.4, 0.5) is 0 Å². The Morgan fingerprint density at radius 1 is 0.783 bits per heavy atom. The van der Waals surface area contributed by atoms with E-state index in [1.807, 2.05) is 60.8 Å². The minimum atomic E-state index is -1.15. The number of carbonyl (C=O) groups is 4. The van der Waals surface area contributed by atoms with E-state index in [4.69, 9.17) is 22.2 Å². The number of nitrogens with zero attached hydrogens (tertiary/aromatic N) is 5. The topological polar surface area (TPSA) is 286 Å². The number of aryl methyl sites for hydroxylation is 2. The predicted molar refractivity (Wildman–Crippen MR) is 226 cm³/mol. The van der Waals surface area contributed by atoms with Gasteiger partial charge in [0, 0.05) is 60.5 Å². The number of imidazole rings is 3. The number of aromatic amines is 3. The Labute approximate surface area is 343 Å². The van der Waals surface area contributed by atoms with Crippen LogP contribution in [-0.2, 0) is 40.2 Å². The normalized spacial score (nSPS) is 12.7. The summed E-state index contributed by atoms with van der Waals surface area (Å²) < 4.78 is 2.09. The van der Waals surface area contributed by atoms with Crippen molar-refractivity contribution in [2.45, 2.75) is 56.8 Å². The van der Waals surface area contributed by atoms with Crippen molar-refractivity contribution in [3.8, 4) is 11.5 Å². The van der Waals surface area contributed by atoms with Crippen LogP contribution >= 0.6 is 0 Å². The smallest absolute Gasteiger partial charge is 0.252 e. The van der Waals surface area contributed by atoms with Crippen LogP contribution in [0.3, 0.4) is 0 Å². The Hall–Kier alpha value is -7.76. The minimum Gasteiger partial charge on any atom is -0.370 e. The molecule has 308 valence electrons. The molecule has 7 aromatic rings. The van der Waals surface area contributed by atoms with Crippen molar-refractivity contribution < 1.29 is 19.2 Å². The second kappa shape index (κ2) is 18.7. The van der Waals surface area contributed by atoms with E-state index in [1.54, 1.807) is 24.7 Å². The fourth-order valence-corrected chi connectivity index (χ4v) is 7.11. The van der Waals surface area contributed by atoms with Gasteiger partial charge in [-0.1, -0.05) is 48.5 Å². The van der Waals surface area contributed by atoms with Gasteiger partial charge in [0.2, 0.25) is 17.7 Å². The van der Waals surface area contributed by atoms with Gasteiger partial charge >= 0.3 is 0 Å². The van der Waals surface area contributed by atoms with Crippen molar-refractivity contribution in [1.29, 1.82) is 0 Å². The number of nitrogens with two attached hydrogens (primary N) is 3. The highest BCUT2D eigenvalue weighted by molar-refractivity contribution is 6.01. The molecule has 0 aliphatic heterocycles. The van der Waals surface area contributed by atoms with Crippen molar-refractivity contribution in [2.24, 2.45) is 22.2 Å². The van der Waals surface area contributed by atoms with Gasteiger partial charge in [-0.05, 0) is 54.7 Å². The zero-order chi connectivity index (χ0) is 42.0. The quantitative estimate of drug-likeness (QED) is 0.0327. The lowest BCUT2D eigenvalue weighted by molar-refractivity contribution is -0.132. The molecule has 0 saturated carbocycles. The molecule has 0 radical (unpaired) electrons. The maximum atomic E-state index is 14.1. The summed E-state index contributed by atoms with van der Waals surface area (Å²) in [6.45, 7) is 0.791. The maximum Gasteiger partial charge on any atom is 0.252 e. The molecule has 0 unspecified atom stereocenters. The van der Waals surface area contributed by atoms with E-state index in [0.717, 1.165) is 27.5 Å². The van der Waals surface area contributed by atoms with Gasteiger partial charge in [0.15, 0.2) is 11.8 Å². The van der Waals surface area contributed by atoms with Crippen LogP contribution in [-0.4, -0.2) is 88.7 Å². The first-order chi connectivity index (χ1) is 29.1. The zero-order valence-corrected chi connectivity index (χ0v) is 32.6. The van der Waals surface area contributed by atoms with Crippen molar-refractivity contribution in [3.63, 3.8) is 0 Å². The van der Waals surface area contributed by atoms with Crippen LogP contribution in [0.2, 0.25) is 0 Å². The average Bonchev–Trinajstić information content (AvgIpc) is 4.08. The molecular weight excluding hydrogens is 765 g/mol. The molecule has 12 N–H and O–H groups in total. The SMILES string of the molecule is NC(=O)[C@H](Cc1cnc[nH]1)NC(=O)[C@@H](Cc1ccccc1)NC(=O)[C@H](CCCN=C(N)N)NC(=O)c1ccc2c(c1)nc(-c1cnc[nH]1)n2CCc1c[nH]c2ccccc12. The first-order valence-electron chi connectivity index (χ1n) is 19.4. The molecule has 4 amide bonds. The van der Waals surface area contributed by atoms with Crippen LogP contribution in [0.1, 0.15) is 40.0 Å². The molecule has 0 aliphatic rings. The maximum absolute atomic E-state index is 14.1. The number of amides is 4. The lowest BCUT2D eigenvalue weighted by Gasteiger charge is -2.25. The fourth-order valence-electron chi connectivity index (χ4n) is 7.11. The summed E-state index contributed by atoms with van der Waals surface area (Å²) >= 11 is 0. The molecule has 4 heterocycles. The van der Waals surface area contributed by atoms with E-state index >= 15 is 0 Å². The summed E-state index contributed by atoms with van der Waals surface area (Å²) in [6, 6.07) is 19.1. The second-order valence-corrected chi connectivity index (χ2v) is 14.3. The number of hydrogen-bond acceptors (Lipinski definition) is 8. The fraction of sp³-hybridized carbons (Fsp3) is 0.238. The molecule has 18 heteroatoms. The number of para-hydroxylation sites is 1. The summed E-state index contributed by atoms with van der Waals surface area (Å²) in [5, 5.41) is 9.51. The van der Waals surface area contributed by atoms with Gasteiger partial charge in [-0.3, -0.25) is 24.2 Å². The molecule has 0 aliphatic carbocycles. The predicted octanol–water partition coefficient (Wildman–Crippen LogP) is 1.97. The van der Waals surface area contributed by atoms with Crippen LogP contribution in [0.25, 0.3) is 33.5 Å². The Morgan fingerprint density at radius 2 is 1.53 bits per heavy atom. The van der Waals surface area contributed by atoms with Gasteiger partial charge in [-0.2, -0.15) is 0 Å². The number of rotatable bonds is 19. The first kappa shape index (κ1) is 40.4. The monoisotopic (exact) mass is 810 g/mol. The average molecular weight is 811 g/mol. The summed E-state index contributed by atoms with van der Waals surface area (Å²) in [4.78, 5) is 80.8. The van der Waals surface area contributed by atoms with Crippen molar-refractivity contribution in [2.75, 3.05) is 6.54 Å². The molecule has 0 fully saturated rings. The molecule has 3 atom stereocenters. The first-order valence-corrected chi connectivity index (χ1v) is 19.4. The third kappa shape index (κ3) is 9.84. The van der Waals surface area contributed by atoms with Crippen LogP contribution in [0.15, 0.2) is 109 Å².